The van der Waals surface area contributed by atoms with Gasteiger partial charge in [0.05, 0.1) is 0 Å². The Bertz CT molecular complexity index is 443. The van der Waals surface area contributed by atoms with Crippen molar-refractivity contribution in [2.45, 2.75) is 6.92 Å². The summed E-state index contributed by atoms with van der Waals surface area (Å²) in [5.41, 5.74) is 2.90. The van der Waals surface area contributed by atoms with E-state index in [0.29, 0.717) is 0 Å². The third kappa shape index (κ3) is 2.26. The van der Waals surface area contributed by atoms with Gasteiger partial charge in [0.1, 0.15) is 0 Å². The lowest BCUT2D eigenvalue weighted by atomic mass is 10.1. The van der Waals surface area contributed by atoms with Gasteiger partial charge in [-0.05, 0) is 17.7 Å². The molecule has 0 aliphatic carbocycles. The number of hydrogen-bond donors (Lipinski definition) is 2. The molecule has 1 aromatic heterocycles. The number of carbonyl (C=O) groups excluding carboxylic acids is 1. The van der Waals surface area contributed by atoms with Crippen LogP contribution in [0.4, 0.5) is 5.69 Å². The summed E-state index contributed by atoms with van der Waals surface area (Å²) in [5.74, 6) is -0.0593. The summed E-state index contributed by atoms with van der Waals surface area (Å²) in [7, 11) is 0. The smallest absolute Gasteiger partial charge is 0.221 e. The molecule has 0 spiro atoms. The Morgan fingerprint density at radius 3 is 2.60 bits per heavy atom. The number of aromatic nitrogens is 1. The molecule has 1 heterocycles. The maximum absolute atomic E-state index is 10.8. The first-order chi connectivity index (χ1) is 7.25. The molecule has 0 aliphatic rings. The minimum Gasteiger partial charge on any atom is -0.366 e. The summed E-state index contributed by atoms with van der Waals surface area (Å²) in [6.45, 7) is 1.49. The van der Waals surface area contributed by atoms with Gasteiger partial charge in [-0.2, -0.15) is 0 Å². The van der Waals surface area contributed by atoms with Gasteiger partial charge in [-0.15, -0.1) is 0 Å². The molecule has 0 unspecified atom stereocenters. The first-order valence-corrected chi connectivity index (χ1v) is 4.68. The molecule has 0 fully saturated rings. The van der Waals surface area contributed by atoms with Crippen LogP contribution >= 0.6 is 0 Å². The van der Waals surface area contributed by atoms with Crippen molar-refractivity contribution in [2.24, 2.45) is 0 Å². The van der Waals surface area contributed by atoms with Gasteiger partial charge in [0.2, 0.25) is 5.91 Å². The van der Waals surface area contributed by atoms with Gasteiger partial charge < -0.3 is 10.3 Å². The molecular formula is C12H11N2O. The molecule has 1 aromatic carbocycles. The zero-order valence-corrected chi connectivity index (χ0v) is 8.37. The first kappa shape index (κ1) is 9.52. The highest BCUT2D eigenvalue weighted by Gasteiger charge is 1.99. The summed E-state index contributed by atoms with van der Waals surface area (Å²) in [5, 5.41) is 2.72. The van der Waals surface area contributed by atoms with Crippen molar-refractivity contribution in [3.05, 3.63) is 42.7 Å². The highest BCUT2D eigenvalue weighted by molar-refractivity contribution is 5.88. The maximum Gasteiger partial charge on any atom is 0.221 e. The predicted octanol–water partition coefficient (Wildman–Crippen LogP) is 2.44. The number of rotatable bonds is 2. The molecule has 0 bridgehead atoms. The topological polar surface area (TPSA) is 44.9 Å². The molecule has 3 heteroatoms. The lowest BCUT2D eigenvalue weighted by Crippen LogP contribution is -2.05. The van der Waals surface area contributed by atoms with Gasteiger partial charge in [-0.25, -0.2) is 0 Å². The number of amides is 1. The Labute approximate surface area is 88.1 Å². The van der Waals surface area contributed by atoms with E-state index in [-0.39, 0.29) is 5.91 Å². The fraction of sp³-hybridized carbons (Fsp3) is 0.0833. The number of carbonyl (C=O) groups is 1. The molecule has 15 heavy (non-hydrogen) atoms. The average molecular weight is 199 g/mol. The van der Waals surface area contributed by atoms with Crippen molar-refractivity contribution in [3.8, 4) is 11.1 Å². The molecule has 1 radical (unpaired) electrons. The molecule has 3 nitrogen and oxygen atoms in total. The fourth-order valence-corrected chi connectivity index (χ4v) is 1.39. The lowest BCUT2D eigenvalue weighted by molar-refractivity contribution is -0.114. The largest absolute Gasteiger partial charge is 0.366 e. The number of hydrogen-bond acceptors (Lipinski definition) is 1. The second-order valence-corrected chi connectivity index (χ2v) is 3.27. The molecular weight excluding hydrogens is 188 g/mol. The molecule has 2 N–H and O–H groups in total. The van der Waals surface area contributed by atoms with Crippen LogP contribution in [0.25, 0.3) is 11.1 Å². The van der Waals surface area contributed by atoms with E-state index < -0.39 is 0 Å². The highest BCUT2D eigenvalue weighted by atomic mass is 16.1. The van der Waals surface area contributed by atoms with E-state index in [1.807, 2.05) is 30.5 Å². The molecule has 2 aromatic rings. The second kappa shape index (κ2) is 4.00. The maximum atomic E-state index is 10.8. The van der Waals surface area contributed by atoms with Crippen molar-refractivity contribution in [2.75, 3.05) is 5.32 Å². The zero-order chi connectivity index (χ0) is 10.7. The van der Waals surface area contributed by atoms with Crippen molar-refractivity contribution < 1.29 is 4.79 Å². The van der Waals surface area contributed by atoms with E-state index in [0.717, 1.165) is 16.8 Å². The fourth-order valence-electron chi connectivity index (χ4n) is 1.39. The first-order valence-electron chi connectivity index (χ1n) is 4.68. The number of anilines is 1. The normalized spacial score (nSPS) is 9.93. The van der Waals surface area contributed by atoms with Gasteiger partial charge in [0.25, 0.3) is 0 Å². The van der Waals surface area contributed by atoms with Crippen molar-refractivity contribution in [1.29, 1.82) is 0 Å². The van der Waals surface area contributed by atoms with Crippen LogP contribution in [0.2, 0.25) is 0 Å². The summed E-state index contributed by atoms with van der Waals surface area (Å²) in [6, 6.07) is 10.7. The van der Waals surface area contributed by atoms with E-state index >= 15 is 0 Å². The monoisotopic (exact) mass is 199 g/mol. The standard InChI is InChI=1S/C12H11N2O/c1-9(15)14-12-4-2-10(3-5-12)11-6-7-13-8-11/h2-5,7-8,13H,1H3,(H,14,15). The van der Waals surface area contributed by atoms with Crippen LogP contribution in [0.5, 0.6) is 0 Å². The summed E-state index contributed by atoms with van der Waals surface area (Å²) in [4.78, 5) is 13.8. The van der Waals surface area contributed by atoms with Crippen molar-refractivity contribution >= 4 is 11.6 Å². The van der Waals surface area contributed by atoms with E-state index in [2.05, 4.69) is 16.4 Å². The summed E-state index contributed by atoms with van der Waals surface area (Å²) < 4.78 is 0. The SMILES string of the molecule is CC(=O)Nc1ccc(-c2[c]c[nH]c2)cc1. The van der Waals surface area contributed by atoms with Gasteiger partial charge >= 0.3 is 0 Å². The van der Waals surface area contributed by atoms with Gasteiger partial charge in [0, 0.05) is 36.6 Å². The number of benzene rings is 1. The Balaban J connectivity index is 2.21. The Hall–Kier alpha value is -2.03. The molecule has 1 amide bonds. The Morgan fingerprint density at radius 1 is 1.33 bits per heavy atom. The number of aromatic amines is 1. The van der Waals surface area contributed by atoms with Crippen LogP contribution in [0.15, 0.2) is 36.7 Å². The zero-order valence-electron chi connectivity index (χ0n) is 8.37. The van der Waals surface area contributed by atoms with E-state index in [1.54, 1.807) is 6.20 Å². The molecule has 0 atom stereocenters. The van der Waals surface area contributed by atoms with E-state index in [4.69, 9.17) is 0 Å². The predicted molar refractivity (Wildman–Crippen MR) is 59.4 cm³/mol. The number of H-pyrrole nitrogens is 1. The van der Waals surface area contributed by atoms with Crippen LogP contribution in [0.3, 0.4) is 0 Å². The van der Waals surface area contributed by atoms with Crippen LogP contribution in [-0.4, -0.2) is 10.9 Å². The van der Waals surface area contributed by atoms with Gasteiger partial charge in [0.15, 0.2) is 0 Å². The Morgan fingerprint density at radius 2 is 2.07 bits per heavy atom. The number of nitrogens with one attached hydrogen (secondary N) is 2. The third-order valence-corrected chi connectivity index (χ3v) is 2.05. The average Bonchev–Trinajstić information content (AvgIpc) is 2.71. The molecule has 0 aliphatic heterocycles. The van der Waals surface area contributed by atoms with Gasteiger partial charge in [-0.3, -0.25) is 4.79 Å². The van der Waals surface area contributed by atoms with E-state index in [1.165, 1.54) is 6.92 Å². The van der Waals surface area contributed by atoms with Crippen LogP contribution < -0.4 is 5.32 Å². The lowest BCUT2D eigenvalue weighted by Gasteiger charge is -2.02. The van der Waals surface area contributed by atoms with Crippen molar-refractivity contribution in [1.82, 2.24) is 4.98 Å². The molecule has 75 valence electrons. The molecule has 2 rings (SSSR count). The molecule has 0 saturated heterocycles. The second-order valence-electron chi connectivity index (χ2n) is 3.27. The minimum atomic E-state index is -0.0593. The summed E-state index contributed by atoms with van der Waals surface area (Å²) in [6.07, 6.45) is 3.64. The summed E-state index contributed by atoms with van der Waals surface area (Å²) >= 11 is 0. The highest BCUT2D eigenvalue weighted by Crippen LogP contribution is 2.20. The van der Waals surface area contributed by atoms with E-state index in [9.17, 15) is 4.79 Å². The van der Waals surface area contributed by atoms with Crippen LogP contribution in [0, 0.1) is 6.07 Å². The van der Waals surface area contributed by atoms with Gasteiger partial charge in [-0.1, -0.05) is 12.1 Å². The Kier molecular flexibility index (Phi) is 2.54. The van der Waals surface area contributed by atoms with Crippen LogP contribution in [-0.2, 0) is 4.79 Å². The van der Waals surface area contributed by atoms with Crippen molar-refractivity contribution in [3.63, 3.8) is 0 Å². The quantitative estimate of drug-likeness (QED) is 0.766. The van der Waals surface area contributed by atoms with Crippen LogP contribution in [0.1, 0.15) is 6.92 Å². The minimum absolute atomic E-state index is 0.0593. The third-order valence-electron chi connectivity index (χ3n) is 2.05. The molecule has 0 saturated carbocycles.